The van der Waals surface area contributed by atoms with Gasteiger partial charge in [-0.1, -0.05) is 29.3 Å². The maximum absolute atomic E-state index is 11.7. The lowest BCUT2D eigenvalue weighted by molar-refractivity contribution is -0.124. The van der Waals surface area contributed by atoms with Crippen molar-refractivity contribution in [2.45, 2.75) is 6.92 Å². The van der Waals surface area contributed by atoms with Crippen LogP contribution in [0.25, 0.3) is 0 Å². The lowest BCUT2D eigenvalue weighted by Gasteiger charge is -2.18. The number of nitrogens with one attached hydrogen (secondary N) is 1. The van der Waals surface area contributed by atoms with E-state index in [4.69, 9.17) is 28.7 Å². The summed E-state index contributed by atoms with van der Waals surface area (Å²) in [4.78, 5) is 15.9. The number of anilines is 1. The summed E-state index contributed by atoms with van der Waals surface area (Å²) < 4.78 is 30.8. The van der Waals surface area contributed by atoms with Crippen molar-refractivity contribution in [2.75, 3.05) is 18.3 Å². The Balaban J connectivity index is 2.46. The highest BCUT2D eigenvalue weighted by Gasteiger charge is 2.21. The lowest BCUT2D eigenvalue weighted by atomic mass is 10.3. The number of aliphatic imine (C=N–C) groups is 1. The number of carbonyl (C=O) groups is 1. The highest BCUT2D eigenvalue weighted by Crippen LogP contribution is 2.30. The Labute approximate surface area is 115 Å². The van der Waals surface area contributed by atoms with E-state index in [0.717, 1.165) is 6.92 Å². The first-order valence-electron chi connectivity index (χ1n) is 6.69. The van der Waals surface area contributed by atoms with E-state index in [0.29, 0.717) is 4.90 Å². The third kappa shape index (κ3) is 2.53. The average molecular weight is 276 g/mol. The molecule has 2 rings (SSSR count). The highest BCUT2D eigenvalue weighted by molar-refractivity contribution is 6.39. The summed E-state index contributed by atoms with van der Waals surface area (Å²) in [5.41, 5.74) is 0.222. The van der Waals surface area contributed by atoms with Crippen molar-refractivity contribution in [3.8, 4) is 0 Å². The molecule has 90 valence electrons. The van der Waals surface area contributed by atoms with E-state index >= 15 is 0 Å². The van der Waals surface area contributed by atoms with E-state index in [1.165, 1.54) is 0 Å². The van der Waals surface area contributed by atoms with Gasteiger partial charge in [0.2, 0.25) is 11.9 Å². The van der Waals surface area contributed by atoms with Crippen molar-refractivity contribution in [3.05, 3.63) is 28.2 Å². The van der Waals surface area contributed by atoms with Gasteiger partial charge >= 0.3 is 0 Å². The summed E-state index contributed by atoms with van der Waals surface area (Å²) in [6.07, 6.45) is 0. The normalized spacial score (nSPS) is 24.2. The van der Waals surface area contributed by atoms with Crippen LogP contribution in [-0.2, 0) is 4.79 Å². The molecule has 0 fully saturated rings. The van der Waals surface area contributed by atoms with Crippen LogP contribution in [0.15, 0.2) is 23.2 Å². The molecule has 17 heavy (non-hydrogen) atoms. The molecule has 1 aliphatic rings. The molecule has 0 saturated carbocycles. The van der Waals surface area contributed by atoms with E-state index in [2.05, 4.69) is 10.3 Å². The first-order chi connectivity index (χ1) is 9.58. The molecule has 0 saturated heterocycles. The minimum atomic E-state index is -2.62. The first kappa shape index (κ1) is 7.95. The van der Waals surface area contributed by atoms with Gasteiger partial charge in [-0.05, 0) is 12.1 Å². The monoisotopic (exact) mass is 275 g/mol. The molecule has 0 radical (unpaired) electrons. The van der Waals surface area contributed by atoms with Gasteiger partial charge in [-0.15, -0.1) is 0 Å². The topological polar surface area (TPSA) is 44.7 Å². The van der Waals surface area contributed by atoms with Crippen molar-refractivity contribution in [3.63, 3.8) is 0 Å². The van der Waals surface area contributed by atoms with Gasteiger partial charge < -0.3 is 5.32 Å². The maximum atomic E-state index is 11.7. The summed E-state index contributed by atoms with van der Waals surface area (Å²) in [6, 6.07) is 4.72. The minimum absolute atomic E-state index is 0.222. The molecule has 1 aliphatic heterocycles. The van der Waals surface area contributed by atoms with Gasteiger partial charge in [-0.3, -0.25) is 14.7 Å². The van der Waals surface area contributed by atoms with Crippen LogP contribution in [-0.4, -0.2) is 29.8 Å². The van der Waals surface area contributed by atoms with Gasteiger partial charge in [0.1, 0.15) is 0 Å². The van der Waals surface area contributed by atoms with Crippen LogP contribution in [0.3, 0.4) is 0 Å². The Morgan fingerprint density at radius 2 is 2.18 bits per heavy atom. The summed E-state index contributed by atoms with van der Waals surface area (Å²) in [6.45, 7) is -4.09. The molecule has 1 aromatic carbocycles. The Hall–Kier alpha value is -1.26. The van der Waals surface area contributed by atoms with E-state index in [-0.39, 0.29) is 21.7 Å². The molecule has 1 amide bonds. The largest absolute Gasteiger partial charge is 0.323 e. The zero-order valence-corrected chi connectivity index (χ0v) is 10.3. The van der Waals surface area contributed by atoms with Crippen LogP contribution in [0, 0.1) is 0 Å². The van der Waals surface area contributed by atoms with Crippen LogP contribution >= 0.6 is 23.2 Å². The third-order valence-corrected chi connectivity index (χ3v) is 2.68. The molecular weight excluding hydrogens is 261 g/mol. The van der Waals surface area contributed by atoms with Crippen LogP contribution < -0.4 is 5.32 Å². The Morgan fingerprint density at radius 3 is 2.76 bits per heavy atom. The summed E-state index contributed by atoms with van der Waals surface area (Å²) in [7, 11) is 0. The average Bonchev–Trinajstić information content (AvgIpc) is 2.50. The number of guanidine groups is 1. The second-order valence-electron chi connectivity index (χ2n) is 3.24. The fourth-order valence-electron chi connectivity index (χ4n) is 1.27. The van der Waals surface area contributed by atoms with Crippen molar-refractivity contribution in [1.82, 2.24) is 4.90 Å². The smallest absolute Gasteiger partial charge is 0.226 e. The number of hydrogen-bond acceptors (Lipinski definition) is 3. The summed E-state index contributed by atoms with van der Waals surface area (Å²) in [5, 5.41) is 3.11. The zero-order valence-electron chi connectivity index (χ0n) is 12.8. The SMILES string of the molecule is [2H]C1([2H])N=C(Nc2c(Cl)cccc2Cl)N(C(C)=O)C1([2H])[2H]. The van der Waals surface area contributed by atoms with Gasteiger partial charge in [0.05, 0.1) is 27.7 Å². The molecule has 0 bridgehead atoms. The van der Waals surface area contributed by atoms with Crippen molar-refractivity contribution in [2.24, 2.45) is 4.99 Å². The van der Waals surface area contributed by atoms with Gasteiger partial charge in [-0.25, -0.2) is 0 Å². The predicted octanol–water partition coefficient (Wildman–Crippen LogP) is 2.62. The number of nitrogens with zero attached hydrogens (tertiary/aromatic N) is 2. The summed E-state index contributed by atoms with van der Waals surface area (Å²) >= 11 is 12.0. The predicted molar refractivity (Wildman–Crippen MR) is 69.8 cm³/mol. The Kier molecular flexibility index (Phi) is 2.31. The van der Waals surface area contributed by atoms with Gasteiger partial charge in [0.25, 0.3) is 0 Å². The number of rotatable bonds is 1. The number of benzene rings is 1. The molecular formula is C11H11Cl2N3O. The molecule has 0 aromatic heterocycles. The molecule has 1 N–H and O–H groups in total. The van der Waals surface area contributed by atoms with E-state index in [1.807, 2.05) is 0 Å². The quantitative estimate of drug-likeness (QED) is 0.857. The highest BCUT2D eigenvalue weighted by atomic mass is 35.5. The number of para-hydroxylation sites is 1. The number of halogens is 2. The third-order valence-electron chi connectivity index (χ3n) is 2.05. The molecule has 0 unspecified atom stereocenters. The number of amides is 1. The Morgan fingerprint density at radius 1 is 1.53 bits per heavy atom. The number of carbonyl (C=O) groups excluding carboxylic acids is 1. The molecule has 0 atom stereocenters. The molecule has 0 aliphatic carbocycles. The van der Waals surface area contributed by atoms with Crippen molar-refractivity contribution < 1.29 is 10.3 Å². The number of hydrogen-bond donors (Lipinski definition) is 1. The molecule has 1 heterocycles. The summed E-state index contributed by atoms with van der Waals surface area (Å²) in [5.74, 6) is -0.983. The molecule has 0 spiro atoms. The van der Waals surface area contributed by atoms with Crippen LogP contribution in [0.1, 0.15) is 12.4 Å². The lowest BCUT2D eigenvalue weighted by Crippen LogP contribution is -2.36. The zero-order chi connectivity index (χ0) is 16.0. The van der Waals surface area contributed by atoms with Gasteiger partial charge in [-0.2, -0.15) is 0 Å². The maximum Gasteiger partial charge on any atom is 0.226 e. The fraction of sp³-hybridized carbons (Fsp3) is 0.273. The second-order valence-corrected chi connectivity index (χ2v) is 4.05. The second kappa shape index (κ2) is 4.94. The standard InChI is InChI=1S/C11H11Cl2N3O/c1-7(17)16-6-5-14-11(16)15-10-8(12)3-2-4-9(10)13/h2-4H,5-6H2,1H3,(H,14,15)/i5D2,6D2. The van der Waals surface area contributed by atoms with Gasteiger partial charge in [0.15, 0.2) is 0 Å². The molecule has 6 heteroatoms. The Bertz CT molecular complexity index is 616. The van der Waals surface area contributed by atoms with Crippen molar-refractivity contribution >= 4 is 40.8 Å². The fourth-order valence-corrected chi connectivity index (χ4v) is 1.76. The van der Waals surface area contributed by atoms with Crippen molar-refractivity contribution in [1.29, 1.82) is 0 Å². The molecule has 1 aromatic rings. The van der Waals surface area contributed by atoms with Crippen LogP contribution in [0.4, 0.5) is 5.69 Å². The van der Waals surface area contributed by atoms with E-state index < -0.39 is 18.9 Å². The van der Waals surface area contributed by atoms with E-state index in [9.17, 15) is 4.79 Å². The first-order valence-corrected chi connectivity index (χ1v) is 5.45. The minimum Gasteiger partial charge on any atom is -0.323 e. The van der Waals surface area contributed by atoms with Gasteiger partial charge in [0, 0.05) is 13.4 Å². The van der Waals surface area contributed by atoms with Crippen LogP contribution in [0.2, 0.25) is 10.0 Å². The van der Waals surface area contributed by atoms with Crippen LogP contribution in [0.5, 0.6) is 0 Å². The van der Waals surface area contributed by atoms with E-state index in [1.54, 1.807) is 18.2 Å². The molecule has 4 nitrogen and oxygen atoms in total.